The lowest BCUT2D eigenvalue weighted by Gasteiger charge is -2.61. The molecular formula is C47H37N3. The summed E-state index contributed by atoms with van der Waals surface area (Å²) in [4.78, 5) is 15.7. The van der Waals surface area contributed by atoms with Crippen molar-refractivity contribution in [3.05, 3.63) is 151 Å². The third-order valence-corrected chi connectivity index (χ3v) is 12.7. The average molecular weight is 644 g/mol. The van der Waals surface area contributed by atoms with Crippen molar-refractivity contribution in [1.82, 2.24) is 15.0 Å². The lowest BCUT2D eigenvalue weighted by atomic mass is 9.43. The molecule has 5 aliphatic rings. The van der Waals surface area contributed by atoms with Gasteiger partial charge in [0.25, 0.3) is 0 Å². The minimum atomic E-state index is 0.0590. The molecule has 1 heterocycles. The number of fused-ring (bicyclic) bond motifs is 4. The molecule has 1 spiro atoms. The van der Waals surface area contributed by atoms with Crippen LogP contribution in [-0.2, 0) is 5.41 Å². The van der Waals surface area contributed by atoms with Crippen LogP contribution in [-0.4, -0.2) is 15.0 Å². The minimum Gasteiger partial charge on any atom is -0.208 e. The topological polar surface area (TPSA) is 38.7 Å². The highest BCUT2D eigenvalue weighted by Gasteiger charge is 2.61. The fraction of sp³-hybridized carbons (Fsp3) is 0.213. The van der Waals surface area contributed by atoms with Gasteiger partial charge in [-0.3, -0.25) is 0 Å². The van der Waals surface area contributed by atoms with Crippen molar-refractivity contribution < 1.29 is 0 Å². The molecule has 0 radical (unpaired) electrons. The van der Waals surface area contributed by atoms with Crippen LogP contribution in [0.15, 0.2) is 140 Å². The largest absolute Gasteiger partial charge is 0.208 e. The van der Waals surface area contributed by atoms with Crippen molar-refractivity contribution in [1.29, 1.82) is 0 Å². The second-order valence-electron chi connectivity index (χ2n) is 15.3. The van der Waals surface area contributed by atoms with Crippen LogP contribution < -0.4 is 0 Å². The van der Waals surface area contributed by atoms with Gasteiger partial charge in [-0.05, 0) is 112 Å². The molecule has 0 saturated heterocycles. The highest BCUT2D eigenvalue weighted by atomic mass is 15.0. The second-order valence-corrected chi connectivity index (χ2v) is 15.3. The summed E-state index contributed by atoms with van der Waals surface area (Å²) >= 11 is 0. The zero-order chi connectivity index (χ0) is 32.8. The quantitative estimate of drug-likeness (QED) is 0.192. The van der Waals surface area contributed by atoms with E-state index in [4.69, 9.17) is 15.0 Å². The second kappa shape index (κ2) is 10.8. The summed E-state index contributed by atoms with van der Waals surface area (Å²) in [7, 11) is 0. The third-order valence-electron chi connectivity index (χ3n) is 12.7. The molecule has 0 amide bonds. The van der Waals surface area contributed by atoms with E-state index in [1.807, 2.05) is 6.07 Å². The van der Waals surface area contributed by atoms with Crippen LogP contribution in [0.3, 0.4) is 0 Å². The monoisotopic (exact) mass is 643 g/mol. The van der Waals surface area contributed by atoms with Crippen LogP contribution in [0, 0.1) is 23.7 Å². The van der Waals surface area contributed by atoms with Crippen LogP contribution >= 0.6 is 0 Å². The predicted octanol–water partition coefficient (Wildman–Crippen LogP) is 11.4. The molecule has 0 atom stereocenters. The zero-order valence-electron chi connectivity index (χ0n) is 28.0. The van der Waals surface area contributed by atoms with E-state index in [2.05, 4.69) is 133 Å². The van der Waals surface area contributed by atoms with E-state index in [-0.39, 0.29) is 5.41 Å². The van der Waals surface area contributed by atoms with Gasteiger partial charge < -0.3 is 0 Å². The van der Waals surface area contributed by atoms with E-state index >= 15 is 0 Å². The Labute approximate surface area is 293 Å². The molecule has 5 aliphatic carbocycles. The molecule has 0 aliphatic heterocycles. The number of nitrogens with zero attached hydrogens (tertiary/aromatic N) is 3. The first-order chi connectivity index (χ1) is 24.7. The summed E-state index contributed by atoms with van der Waals surface area (Å²) in [5, 5.41) is 2.65. The summed E-state index contributed by atoms with van der Waals surface area (Å²) in [6.45, 7) is 0. The van der Waals surface area contributed by atoms with Gasteiger partial charge in [-0.15, -0.1) is 0 Å². The van der Waals surface area contributed by atoms with Gasteiger partial charge in [0, 0.05) is 22.1 Å². The Bertz CT molecular complexity index is 2400. The standard InChI is InChI=1S/C47H37N3/c1-3-10-31(11-4-1)32-18-20-34(21-19-32)45-48-44(33-12-5-2-6-13-33)49-46(50-45)39-16-9-17-41-43(39)40-27-35-14-7-8-15-36(35)28-42(40)47(41)37-23-29-22-30(25-37)26-38(47)24-29/h1-21,27-30,37-38H,22-26H2. The number of aromatic nitrogens is 3. The van der Waals surface area contributed by atoms with Gasteiger partial charge in [0.2, 0.25) is 0 Å². The summed E-state index contributed by atoms with van der Waals surface area (Å²) in [6, 6.07) is 50.5. The van der Waals surface area contributed by atoms with Crippen molar-refractivity contribution in [3.8, 4) is 56.4 Å². The van der Waals surface area contributed by atoms with Crippen LogP contribution in [0.25, 0.3) is 67.2 Å². The Morgan fingerprint density at radius 3 is 1.58 bits per heavy atom. The number of benzene rings is 6. The fourth-order valence-corrected chi connectivity index (χ4v) is 10.9. The molecule has 1 aromatic heterocycles. The third kappa shape index (κ3) is 4.13. The van der Waals surface area contributed by atoms with Gasteiger partial charge in [0.05, 0.1) is 0 Å². The van der Waals surface area contributed by atoms with E-state index in [1.54, 1.807) is 5.56 Å². The van der Waals surface area contributed by atoms with Crippen LogP contribution in [0.2, 0.25) is 0 Å². The molecule has 4 fully saturated rings. The average Bonchev–Trinajstić information content (AvgIpc) is 3.46. The molecule has 4 saturated carbocycles. The van der Waals surface area contributed by atoms with Crippen molar-refractivity contribution in [2.45, 2.75) is 37.5 Å². The first kappa shape index (κ1) is 28.4. The van der Waals surface area contributed by atoms with Gasteiger partial charge in [-0.2, -0.15) is 0 Å². The molecule has 240 valence electrons. The van der Waals surface area contributed by atoms with E-state index < -0.39 is 0 Å². The number of hydrogen-bond donors (Lipinski definition) is 0. The fourth-order valence-electron chi connectivity index (χ4n) is 10.9. The van der Waals surface area contributed by atoms with Gasteiger partial charge in [-0.1, -0.05) is 127 Å². The smallest absolute Gasteiger partial charge is 0.164 e. The van der Waals surface area contributed by atoms with Crippen LogP contribution in [0.5, 0.6) is 0 Å². The molecule has 4 bridgehead atoms. The SMILES string of the molecule is c1ccc(-c2ccc(-c3nc(-c4ccccc4)nc(-c4cccc5c4-c4cc6ccccc6cc4C54C5CC6CC(C5)CC4C6)n3)cc2)cc1. The minimum absolute atomic E-state index is 0.0590. The van der Waals surface area contributed by atoms with Crippen molar-refractivity contribution in [2.24, 2.45) is 23.7 Å². The summed E-state index contributed by atoms with van der Waals surface area (Å²) in [5.74, 6) is 5.32. The summed E-state index contributed by atoms with van der Waals surface area (Å²) in [6.07, 6.45) is 6.88. The van der Waals surface area contributed by atoms with E-state index in [0.29, 0.717) is 23.5 Å². The Morgan fingerprint density at radius 2 is 0.920 bits per heavy atom. The Kier molecular flexibility index (Phi) is 6.14. The highest BCUT2D eigenvalue weighted by molar-refractivity contribution is 5.98. The Morgan fingerprint density at radius 1 is 0.400 bits per heavy atom. The number of rotatable bonds is 4. The summed E-state index contributed by atoms with van der Waals surface area (Å²) < 4.78 is 0. The molecular weight excluding hydrogens is 607 g/mol. The molecule has 7 aromatic rings. The molecule has 3 heteroatoms. The van der Waals surface area contributed by atoms with E-state index in [0.717, 1.165) is 34.4 Å². The maximum atomic E-state index is 5.32. The predicted molar refractivity (Wildman–Crippen MR) is 202 cm³/mol. The van der Waals surface area contributed by atoms with Gasteiger partial charge in [0.15, 0.2) is 17.5 Å². The summed E-state index contributed by atoms with van der Waals surface area (Å²) in [5.41, 5.74) is 11.3. The molecule has 12 rings (SSSR count). The molecule has 0 unspecified atom stereocenters. The van der Waals surface area contributed by atoms with Crippen LogP contribution in [0.1, 0.15) is 43.2 Å². The lowest BCUT2D eigenvalue weighted by Crippen LogP contribution is -2.55. The Balaban J connectivity index is 1.14. The lowest BCUT2D eigenvalue weighted by molar-refractivity contribution is -0.0398. The van der Waals surface area contributed by atoms with Crippen molar-refractivity contribution in [2.75, 3.05) is 0 Å². The van der Waals surface area contributed by atoms with Crippen molar-refractivity contribution >= 4 is 10.8 Å². The Hall–Kier alpha value is -5.41. The first-order valence-electron chi connectivity index (χ1n) is 18.4. The first-order valence-corrected chi connectivity index (χ1v) is 18.4. The van der Waals surface area contributed by atoms with Gasteiger partial charge in [-0.25, -0.2) is 15.0 Å². The van der Waals surface area contributed by atoms with Crippen molar-refractivity contribution in [3.63, 3.8) is 0 Å². The van der Waals surface area contributed by atoms with Gasteiger partial charge >= 0.3 is 0 Å². The maximum Gasteiger partial charge on any atom is 0.164 e. The zero-order valence-corrected chi connectivity index (χ0v) is 28.0. The maximum absolute atomic E-state index is 5.32. The van der Waals surface area contributed by atoms with E-state index in [1.165, 1.54) is 70.7 Å². The number of hydrogen-bond acceptors (Lipinski definition) is 3. The van der Waals surface area contributed by atoms with E-state index in [9.17, 15) is 0 Å². The van der Waals surface area contributed by atoms with Crippen LogP contribution in [0.4, 0.5) is 0 Å². The molecule has 0 N–H and O–H groups in total. The molecule has 3 nitrogen and oxygen atoms in total. The normalized spacial score (nSPS) is 24.1. The molecule has 6 aromatic carbocycles. The van der Waals surface area contributed by atoms with Gasteiger partial charge in [0.1, 0.15) is 0 Å². The highest BCUT2D eigenvalue weighted by Crippen LogP contribution is 2.70. The molecule has 50 heavy (non-hydrogen) atoms.